The predicted octanol–water partition coefficient (Wildman–Crippen LogP) is 3.56. The number of nitrogens with one attached hydrogen (secondary N) is 1. The van der Waals surface area contributed by atoms with E-state index in [1.807, 2.05) is 67.6 Å². The fourth-order valence-electron chi connectivity index (χ4n) is 4.28. The molecule has 1 aliphatic heterocycles. The van der Waals surface area contributed by atoms with E-state index in [4.69, 9.17) is 4.74 Å². The number of hydrogen-bond donors (Lipinski definition) is 2. The molecule has 2 aromatic rings. The highest BCUT2D eigenvalue weighted by Gasteiger charge is 2.36. The summed E-state index contributed by atoms with van der Waals surface area (Å²) in [5.74, 6) is -0.611. The van der Waals surface area contributed by atoms with Crippen LogP contribution in [-0.2, 0) is 32.0 Å². The lowest BCUT2D eigenvalue weighted by atomic mass is 10.0. The molecule has 3 atom stereocenters. The number of esters is 1. The average Bonchev–Trinajstić information content (AvgIpc) is 3.01. The van der Waals surface area contributed by atoms with Gasteiger partial charge in [-0.25, -0.2) is 0 Å². The molecule has 2 N–H and O–H groups in total. The molecule has 1 saturated heterocycles. The summed E-state index contributed by atoms with van der Waals surface area (Å²) in [6.07, 6.45) is 3.42. The number of aliphatic carboxylic acids is 1. The fourth-order valence-corrected chi connectivity index (χ4v) is 5.46. The highest BCUT2D eigenvalue weighted by molar-refractivity contribution is 7.99. The normalized spacial score (nSPS) is 18.9. The minimum absolute atomic E-state index is 0.243. The first-order chi connectivity index (χ1) is 17.5. The van der Waals surface area contributed by atoms with Crippen LogP contribution in [0.1, 0.15) is 37.3 Å². The second kappa shape index (κ2) is 14.7. The molecule has 1 fully saturated rings. The molecule has 3 unspecified atom stereocenters. The summed E-state index contributed by atoms with van der Waals surface area (Å²) >= 11 is 1.61. The van der Waals surface area contributed by atoms with Gasteiger partial charge in [-0.3, -0.25) is 19.7 Å². The van der Waals surface area contributed by atoms with E-state index in [0.29, 0.717) is 37.4 Å². The van der Waals surface area contributed by atoms with Crippen LogP contribution < -0.4 is 5.32 Å². The van der Waals surface area contributed by atoms with Crippen molar-refractivity contribution in [1.82, 2.24) is 10.2 Å². The number of carboxylic acid groups (broad SMARTS) is 1. The van der Waals surface area contributed by atoms with Gasteiger partial charge in [0.25, 0.3) is 0 Å². The highest BCUT2D eigenvalue weighted by Crippen LogP contribution is 2.22. The van der Waals surface area contributed by atoms with Crippen molar-refractivity contribution in [3.8, 4) is 0 Å². The molecule has 8 heteroatoms. The monoisotopic (exact) mass is 512 g/mol. The number of carbonyl (C=O) groups excluding carboxylic acids is 2. The maximum absolute atomic E-state index is 13.6. The van der Waals surface area contributed by atoms with Gasteiger partial charge in [-0.1, -0.05) is 74.0 Å². The van der Waals surface area contributed by atoms with Gasteiger partial charge in [-0.2, -0.15) is 11.8 Å². The lowest BCUT2D eigenvalue weighted by molar-refractivity contribution is -0.149. The summed E-state index contributed by atoms with van der Waals surface area (Å²) in [5.41, 5.74) is 2.15. The van der Waals surface area contributed by atoms with Crippen molar-refractivity contribution in [3.63, 3.8) is 0 Å². The number of rotatable bonds is 13. The lowest BCUT2D eigenvalue weighted by Crippen LogP contribution is -2.55. The van der Waals surface area contributed by atoms with E-state index < -0.39 is 18.1 Å². The second-order valence-electron chi connectivity index (χ2n) is 9.06. The van der Waals surface area contributed by atoms with Crippen LogP contribution in [0.15, 0.2) is 60.7 Å². The first-order valence-corrected chi connectivity index (χ1v) is 13.7. The van der Waals surface area contributed by atoms with E-state index in [0.717, 1.165) is 24.0 Å². The molecular formula is C28H36N2O5S. The topological polar surface area (TPSA) is 95.9 Å². The van der Waals surface area contributed by atoms with Crippen LogP contribution in [0, 0.1) is 0 Å². The van der Waals surface area contributed by atoms with E-state index >= 15 is 0 Å². The van der Waals surface area contributed by atoms with Crippen molar-refractivity contribution in [2.24, 2.45) is 0 Å². The smallest absolute Gasteiger partial charge is 0.323 e. The number of hydrogen-bond acceptors (Lipinski definition) is 6. The largest absolute Gasteiger partial charge is 0.480 e. The molecule has 0 spiro atoms. The zero-order chi connectivity index (χ0) is 25.8. The number of amides is 1. The van der Waals surface area contributed by atoms with Gasteiger partial charge in [0.15, 0.2) is 0 Å². The van der Waals surface area contributed by atoms with Crippen LogP contribution in [0.2, 0.25) is 0 Å². The van der Waals surface area contributed by atoms with Crippen molar-refractivity contribution in [2.45, 2.75) is 57.2 Å². The van der Waals surface area contributed by atoms with Gasteiger partial charge < -0.3 is 14.7 Å². The van der Waals surface area contributed by atoms with Crippen LogP contribution >= 0.6 is 11.8 Å². The summed E-state index contributed by atoms with van der Waals surface area (Å²) in [6.45, 7) is 2.00. The summed E-state index contributed by atoms with van der Waals surface area (Å²) in [5, 5.41) is 12.8. The minimum atomic E-state index is -1.05. The molecule has 36 heavy (non-hydrogen) atoms. The number of aryl methyl sites for hydroxylation is 1. The molecule has 1 heterocycles. The fraction of sp³-hybridized carbons (Fsp3) is 0.464. The van der Waals surface area contributed by atoms with E-state index in [1.165, 1.54) is 4.90 Å². The molecular weight excluding hydrogens is 476 g/mol. The predicted molar refractivity (Wildman–Crippen MR) is 142 cm³/mol. The molecule has 0 aromatic heterocycles. The third-order valence-electron chi connectivity index (χ3n) is 6.23. The number of carboxylic acids is 1. The van der Waals surface area contributed by atoms with Crippen molar-refractivity contribution in [1.29, 1.82) is 0 Å². The minimum Gasteiger partial charge on any atom is -0.480 e. The zero-order valence-electron chi connectivity index (χ0n) is 20.8. The average molecular weight is 513 g/mol. The highest BCUT2D eigenvalue weighted by atomic mass is 32.2. The number of carbonyl (C=O) groups is 3. The van der Waals surface area contributed by atoms with Gasteiger partial charge in [0, 0.05) is 17.5 Å². The van der Waals surface area contributed by atoms with Gasteiger partial charge in [0.2, 0.25) is 5.91 Å². The van der Waals surface area contributed by atoms with Gasteiger partial charge in [-0.15, -0.1) is 0 Å². The number of benzene rings is 2. The number of ether oxygens (including phenoxy) is 1. The Morgan fingerprint density at radius 3 is 2.39 bits per heavy atom. The Morgan fingerprint density at radius 2 is 1.75 bits per heavy atom. The Bertz CT molecular complexity index is 972. The summed E-state index contributed by atoms with van der Waals surface area (Å²) < 4.78 is 5.51. The van der Waals surface area contributed by atoms with E-state index in [9.17, 15) is 19.5 Å². The molecule has 0 radical (unpaired) electrons. The summed E-state index contributed by atoms with van der Waals surface area (Å²) in [7, 11) is 0. The Labute approximate surface area is 217 Å². The summed E-state index contributed by atoms with van der Waals surface area (Å²) in [6, 6.07) is 18.1. The Kier molecular flexibility index (Phi) is 11.3. The molecule has 194 valence electrons. The first kappa shape index (κ1) is 27.7. The second-order valence-corrected chi connectivity index (χ2v) is 10.1. The number of unbranched alkanes of at least 4 members (excludes halogenated alkanes) is 1. The molecule has 1 amide bonds. The molecule has 2 aromatic carbocycles. The molecule has 0 bridgehead atoms. The third kappa shape index (κ3) is 8.68. The van der Waals surface area contributed by atoms with Gasteiger partial charge in [-0.05, 0) is 36.8 Å². The van der Waals surface area contributed by atoms with Crippen LogP contribution in [0.3, 0.4) is 0 Å². The van der Waals surface area contributed by atoms with Crippen molar-refractivity contribution in [2.75, 3.05) is 24.7 Å². The standard InChI is InChI=1S/C28H36N2O5S/c1-2-3-16-35-28(34)24(15-14-21-10-6-4-7-11-21)29-25-20-36-19-23(17-22-12-8-5-9-13-22)30(27(25)33)18-26(31)32/h4-13,23-25,29H,2-3,14-20H2,1H3,(H,31,32). The van der Waals surface area contributed by atoms with Gasteiger partial charge in [0.05, 0.1) is 12.6 Å². The van der Waals surface area contributed by atoms with Crippen LogP contribution in [0.25, 0.3) is 0 Å². The maximum atomic E-state index is 13.6. The first-order valence-electron chi connectivity index (χ1n) is 12.6. The van der Waals surface area contributed by atoms with Crippen molar-refractivity contribution < 1.29 is 24.2 Å². The third-order valence-corrected chi connectivity index (χ3v) is 7.42. The van der Waals surface area contributed by atoms with Crippen LogP contribution in [0.5, 0.6) is 0 Å². The van der Waals surface area contributed by atoms with Crippen molar-refractivity contribution in [3.05, 3.63) is 71.8 Å². The lowest BCUT2D eigenvalue weighted by Gasteiger charge is -2.31. The SMILES string of the molecule is CCCCOC(=O)C(CCc1ccccc1)NC1CSCC(Cc2ccccc2)N(CC(=O)O)C1=O. The summed E-state index contributed by atoms with van der Waals surface area (Å²) in [4.78, 5) is 39.7. The quantitative estimate of drug-likeness (QED) is 0.313. The number of nitrogens with zero attached hydrogens (tertiary/aromatic N) is 1. The van der Waals surface area contributed by atoms with E-state index in [-0.39, 0.29) is 24.5 Å². The molecule has 3 rings (SSSR count). The van der Waals surface area contributed by atoms with Gasteiger partial charge in [0.1, 0.15) is 12.6 Å². The molecule has 1 aliphatic rings. The Morgan fingerprint density at radius 1 is 1.08 bits per heavy atom. The Hall–Kier alpha value is -2.84. The van der Waals surface area contributed by atoms with Crippen LogP contribution in [0.4, 0.5) is 0 Å². The van der Waals surface area contributed by atoms with E-state index in [2.05, 4.69) is 5.32 Å². The molecule has 7 nitrogen and oxygen atoms in total. The number of thioether (sulfide) groups is 1. The zero-order valence-corrected chi connectivity index (χ0v) is 21.6. The Balaban J connectivity index is 1.74. The van der Waals surface area contributed by atoms with Gasteiger partial charge >= 0.3 is 11.9 Å². The maximum Gasteiger partial charge on any atom is 0.323 e. The van der Waals surface area contributed by atoms with Crippen LogP contribution in [-0.4, -0.2) is 70.6 Å². The molecule has 0 aliphatic carbocycles. The van der Waals surface area contributed by atoms with E-state index in [1.54, 1.807) is 11.8 Å². The molecule has 0 saturated carbocycles. The van der Waals surface area contributed by atoms with Crippen molar-refractivity contribution >= 4 is 29.6 Å².